The predicted molar refractivity (Wildman–Crippen MR) is 83.1 cm³/mol. The van der Waals surface area contributed by atoms with E-state index in [1.165, 1.54) is 6.20 Å². The van der Waals surface area contributed by atoms with Gasteiger partial charge in [-0.05, 0) is 36.8 Å². The number of fused-ring (bicyclic) bond motifs is 1. The highest BCUT2D eigenvalue weighted by Gasteiger charge is 2.20. The van der Waals surface area contributed by atoms with Gasteiger partial charge in [-0.15, -0.1) is 0 Å². The monoisotopic (exact) mass is 321 g/mol. The molecule has 7 heteroatoms. The Hall–Kier alpha value is -2.05. The summed E-state index contributed by atoms with van der Waals surface area (Å²) in [5.41, 5.74) is 1.42. The van der Waals surface area contributed by atoms with Crippen LogP contribution >= 0.6 is 11.6 Å². The largest absolute Gasteiger partial charge is 0.360 e. The van der Waals surface area contributed by atoms with E-state index in [9.17, 15) is 8.42 Å². The summed E-state index contributed by atoms with van der Waals surface area (Å²) in [6, 6.07) is 8.55. The number of pyridine rings is 1. The first-order valence-electron chi connectivity index (χ1n) is 6.18. The molecule has 0 bridgehead atoms. The molecule has 0 unspecified atom stereocenters. The Morgan fingerprint density at radius 2 is 2.10 bits per heavy atom. The van der Waals surface area contributed by atoms with Crippen LogP contribution in [0.15, 0.2) is 47.6 Å². The van der Waals surface area contributed by atoms with Gasteiger partial charge < -0.3 is 4.98 Å². The van der Waals surface area contributed by atoms with Gasteiger partial charge in [0, 0.05) is 28.3 Å². The van der Waals surface area contributed by atoms with E-state index < -0.39 is 10.0 Å². The van der Waals surface area contributed by atoms with Crippen molar-refractivity contribution in [2.24, 2.45) is 0 Å². The number of H-pyrrole nitrogens is 1. The molecule has 2 aromatic heterocycles. The van der Waals surface area contributed by atoms with Gasteiger partial charge in [0.1, 0.15) is 10.7 Å². The van der Waals surface area contributed by atoms with Gasteiger partial charge >= 0.3 is 0 Å². The minimum atomic E-state index is -3.72. The molecule has 21 heavy (non-hydrogen) atoms. The molecule has 0 atom stereocenters. The molecule has 0 aliphatic rings. The lowest BCUT2D eigenvalue weighted by Crippen LogP contribution is -2.14. The molecule has 0 saturated heterocycles. The predicted octanol–water partition coefficient (Wildman–Crippen LogP) is 3.33. The van der Waals surface area contributed by atoms with E-state index in [2.05, 4.69) is 14.7 Å². The zero-order valence-electron chi connectivity index (χ0n) is 11.1. The Labute approximate surface area is 127 Å². The SMILES string of the molecule is Cc1cccnc1NS(=O)(=O)c1c[nH]c2cc(Cl)ccc12. The van der Waals surface area contributed by atoms with Crippen molar-refractivity contribution in [3.05, 3.63) is 53.3 Å². The Kier molecular flexibility index (Phi) is 3.35. The summed E-state index contributed by atoms with van der Waals surface area (Å²) in [5.74, 6) is 0.320. The summed E-state index contributed by atoms with van der Waals surface area (Å²) in [6.07, 6.45) is 2.99. The van der Waals surface area contributed by atoms with Crippen LogP contribution in [0.25, 0.3) is 10.9 Å². The lowest BCUT2D eigenvalue weighted by molar-refractivity contribution is 0.602. The van der Waals surface area contributed by atoms with Crippen LogP contribution in [0, 0.1) is 6.92 Å². The topological polar surface area (TPSA) is 74.8 Å². The second-order valence-electron chi connectivity index (χ2n) is 4.62. The van der Waals surface area contributed by atoms with Crippen molar-refractivity contribution < 1.29 is 8.42 Å². The highest BCUT2D eigenvalue weighted by molar-refractivity contribution is 7.93. The molecule has 0 saturated carbocycles. The molecule has 2 heterocycles. The van der Waals surface area contributed by atoms with Gasteiger partial charge in [-0.3, -0.25) is 4.72 Å². The van der Waals surface area contributed by atoms with Crippen LogP contribution in [-0.2, 0) is 10.0 Å². The van der Waals surface area contributed by atoms with Crippen molar-refractivity contribution in [2.75, 3.05) is 4.72 Å². The average Bonchev–Trinajstić information content (AvgIpc) is 2.85. The van der Waals surface area contributed by atoms with Crippen molar-refractivity contribution in [3.63, 3.8) is 0 Å². The smallest absolute Gasteiger partial charge is 0.265 e. The van der Waals surface area contributed by atoms with Gasteiger partial charge in [0.05, 0.1) is 0 Å². The Bertz CT molecular complexity index is 919. The van der Waals surface area contributed by atoms with E-state index in [1.807, 2.05) is 0 Å². The summed E-state index contributed by atoms with van der Waals surface area (Å²) in [7, 11) is -3.72. The van der Waals surface area contributed by atoms with Crippen molar-refractivity contribution in [1.82, 2.24) is 9.97 Å². The summed E-state index contributed by atoms with van der Waals surface area (Å²) < 4.78 is 27.5. The van der Waals surface area contributed by atoms with Crippen LogP contribution in [-0.4, -0.2) is 18.4 Å². The highest BCUT2D eigenvalue weighted by Crippen LogP contribution is 2.27. The van der Waals surface area contributed by atoms with Crippen molar-refractivity contribution in [3.8, 4) is 0 Å². The summed E-state index contributed by atoms with van der Waals surface area (Å²) >= 11 is 5.90. The maximum atomic E-state index is 12.5. The maximum Gasteiger partial charge on any atom is 0.265 e. The number of anilines is 1. The number of sulfonamides is 1. The van der Waals surface area contributed by atoms with Crippen molar-refractivity contribution >= 4 is 38.3 Å². The molecule has 0 aliphatic carbocycles. The normalized spacial score (nSPS) is 11.7. The standard InChI is InChI=1S/C14H12ClN3O2S/c1-9-3-2-6-16-14(9)18-21(19,20)13-8-17-12-7-10(15)4-5-11(12)13/h2-8,17H,1H3,(H,16,18). The van der Waals surface area contributed by atoms with Crippen molar-refractivity contribution in [1.29, 1.82) is 0 Å². The zero-order chi connectivity index (χ0) is 15.0. The molecule has 0 spiro atoms. The molecule has 0 radical (unpaired) electrons. The molecule has 3 rings (SSSR count). The fourth-order valence-electron chi connectivity index (χ4n) is 2.07. The van der Waals surface area contributed by atoms with Gasteiger partial charge in [-0.25, -0.2) is 13.4 Å². The first-order chi connectivity index (χ1) is 9.97. The first-order valence-corrected chi connectivity index (χ1v) is 8.04. The molecule has 0 fully saturated rings. The third-order valence-corrected chi connectivity index (χ3v) is 4.75. The third kappa shape index (κ3) is 2.59. The first kappa shape index (κ1) is 13.9. The number of hydrogen-bond donors (Lipinski definition) is 2. The molecule has 1 aromatic carbocycles. The van der Waals surface area contributed by atoms with Crippen LogP contribution in [0.2, 0.25) is 5.02 Å². The third-order valence-electron chi connectivity index (χ3n) is 3.14. The van der Waals surface area contributed by atoms with E-state index in [1.54, 1.807) is 43.5 Å². The number of benzene rings is 1. The Balaban J connectivity index is 2.07. The number of aromatic amines is 1. The van der Waals surface area contributed by atoms with Gasteiger partial charge in [-0.2, -0.15) is 0 Å². The quantitative estimate of drug-likeness (QED) is 0.777. The molecule has 108 valence electrons. The van der Waals surface area contributed by atoms with Crippen LogP contribution in [0.1, 0.15) is 5.56 Å². The Morgan fingerprint density at radius 3 is 2.86 bits per heavy atom. The fraction of sp³-hybridized carbons (Fsp3) is 0.0714. The van der Waals surface area contributed by atoms with Crippen molar-refractivity contribution in [2.45, 2.75) is 11.8 Å². The summed E-state index contributed by atoms with van der Waals surface area (Å²) in [6.45, 7) is 1.79. The molecule has 2 N–H and O–H groups in total. The van der Waals surface area contributed by atoms with Crippen LogP contribution in [0.4, 0.5) is 5.82 Å². The minimum absolute atomic E-state index is 0.166. The number of aromatic nitrogens is 2. The number of hydrogen-bond acceptors (Lipinski definition) is 3. The second-order valence-corrected chi connectivity index (χ2v) is 6.70. The molecular formula is C14H12ClN3O2S. The molecule has 5 nitrogen and oxygen atoms in total. The number of aryl methyl sites for hydroxylation is 1. The molecule has 3 aromatic rings. The van der Waals surface area contributed by atoms with E-state index in [0.29, 0.717) is 21.7 Å². The second kappa shape index (κ2) is 5.05. The molecule has 0 amide bonds. The van der Waals surface area contributed by atoms with E-state index in [4.69, 9.17) is 11.6 Å². The number of nitrogens with zero attached hydrogens (tertiary/aromatic N) is 1. The van der Waals surface area contributed by atoms with Gasteiger partial charge in [0.25, 0.3) is 10.0 Å². The average molecular weight is 322 g/mol. The Morgan fingerprint density at radius 1 is 1.29 bits per heavy atom. The number of rotatable bonds is 3. The van der Waals surface area contributed by atoms with Gasteiger partial charge in [0.15, 0.2) is 0 Å². The van der Waals surface area contributed by atoms with E-state index in [0.717, 1.165) is 5.56 Å². The molecular weight excluding hydrogens is 310 g/mol. The zero-order valence-corrected chi connectivity index (χ0v) is 12.7. The fourth-order valence-corrected chi connectivity index (χ4v) is 3.50. The van der Waals surface area contributed by atoms with Crippen LogP contribution < -0.4 is 4.72 Å². The maximum absolute atomic E-state index is 12.5. The van der Waals surface area contributed by atoms with E-state index >= 15 is 0 Å². The summed E-state index contributed by atoms with van der Waals surface area (Å²) in [4.78, 5) is 7.12. The van der Waals surface area contributed by atoms with E-state index in [-0.39, 0.29) is 4.90 Å². The highest BCUT2D eigenvalue weighted by atomic mass is 35.5. The number of nitrogens with one attached hydrogen (secondary N) is 2. The van der Waals surface area contributed by atoms with Gasteiger partial charge in [-0.1, -0.05) is 17.7 Å². The lowest BCUT2D eigenvalue weighted by Gasteiger charge is -2.08. The minimum Gasteiger partial charge on any atom is -0.360 e. The molecule has 0 aliphatic heterocycles. The van der Waals surface area contributed by atoms with Crippen LogP contribution in [0.5, 0.6) is 0 Å². The van der Waals surface area contributed by atoms with Gasteiger partial charge in [0.2, 0.25) is 0 Å². The lowest BCUT2D eigenvalue weighted by atomic mass is 10.2. The summed E-state index contributed by atoms with van der Waals surface area (Å²) in [5, 5.41) is 1.13. The number of halogens is 1. The van der Waals surface area contributed by atoms with Crippen LogP contribution in [0.3, 0.4) is 0 Å².